The minimum Gasteiger partial charge on any atom is -0.504 e. The number of nitrogens with zero attached hydrogens (tertiary/aromatic N) is 3. The highest BCUT2D eigenvalue weighted by Gasteiger charge is 2.44. The van der Waals surface area contributed by atoms with Gasteiger partial charge in [0.1, 0.15) is 5.75 Å². The molecule has 2 aliphatic heterocycles. The van der Waals surface area contributed by atoms with Gasteiger partial charge in [0, 0.05) is 12.0 Å². The number of para-hydroxylation sites is 1. The van der Waals surface area contributed by atoms with Gasteiger partial charge in [-0.15, -0.1) is 11.3 Å². The molecule has 152 valence electrons. The number of hydrogen-bond acceptors (Lipinski definition) is 8. The molecule has 30 heavy (non-hydrogen) atoms. The summed E-state index contributed by atoms with van der Waals surface area (Å²) in [5.41, 5.74) is 1.83. The quantitative estimate of drug-likeness (QED) is 0.486. The number of rotatable bonds is 4. The summed E-state index contributed by atoms with van der Waals surface area (Å²) in [5.74, 6) is 0.163. The number of thiophene rings is 1. The molecular formula is C21H17N3O5S. The maximum absolute atomic E-state index is 11.9. The van der Waals surface area contributed by atoms with Gasteiger partial charge in [0.15, 0.2) is 5.75 Å². The van der Waals surface area contributed by atoms with E-state index in [9.17, 15) is 15.2 Å². The summed E-state index contributed by atoms with van der Waals surface area (Å²) >= 11 is 1.60. The maximum Gasteiger partial charge on any atom is 0.323 e. The number of phenolic OH excluding ortho intramolecular Hbond substituents is 1. The van der Waals surface area contributed by atoms with Crippen LogP contribution in [0.4, 0.5) is 5.69 Å². The van der Waals surface area contributed by atoms with Crippen molar-refractivity contribution in [3.05, 3.63) is 80.0 Å². The van der Waals surface area contributed by atoms with E-state index in [0.717, 1.165) is 16.2 Å². The van der Waals surface area contributed by atoms with Crippen LogP contribution in [0.3, 0.4) is 0 Å². The van der Waals surface area contributed by atoms with Gasteiger partial charge in [0.2, 0.25) is 12.0 Å². The van der Waals surface area contributed by atoms with E-state index in [-0.39, 0.29) is 28.8 Å². The SMILES string of the molecule is COc1c(O)ccc([C@H]2Oc3ccccc3[C@@H]3CC(c4cccs4)=NN23)c1[N+](=O)[O-]. The molecule has 2 aromatic carbocycles. The first-order chi connectivity index (χ1) is 14.6. The molecule has 5 rings (SSSR count). The van der Waals surface area contributed by atoms with Gasteiger partial charge in [-0.3, -0.25) is 10.1 Å². The smallest absolute Gasteiger partial charge is 0.323 e. The molecule has 0 bridgehead atoms. The van der Waals surface area contributed by atoms with Crippen LogP contribution in [-0.4, -0.2) is 27.9 Å². The van der Waals surface area contributed by atoms with Crippen molar-refractivity contribution in [3.8, 4) is 17.2 Å². The van der Waals surface area contributed by atoms with Gasteiger partial charge in [-0.1, -0.05) is 24.3 Å². The van der Waals surface area contributed by atoms with E-state index < -0.39 is 11.2 Å². The molecule has 0 amide bonds. The number of ether oxygens (including phenoxy) is 2. The molecule has 8 nitrogen and oxygen atoms in total. The van der Waals surface area contributed by atoms with E-state index in [1.54, 1.807) is 16.3 Å². The van der Waals surface area contributed by atoms with Crippen molar-refractivity contribution < 1.29 is 19.5 Å². The Bertz CT molecular complexity index is 1160. The molecule has 2 aliphatic rings. The van der Waals surface area contributed by atoms with Crippen LogP contribution >= 0.6 is 11.3 Å². The second kappa shape index (κ2) is 7.03. The molecule has 1 aromatic heterocycles. The lowest BCUT2D eigenvalue weighted by Crippen LogP contribution is -2.34. The van der Waals surface area contributed by atoms with Gasteiger partial charge in [-0.05, 0) is 29.6 Å². The Morgan fingerprint density at radius 1 is 1.23 bits per heavy atom. The summed E-state index contributed by atoms with van der Waals surface area (Å²) in [7, 11) is 1.29. The van der Waals surface area contributed by atoms with Gasteiger partial charge in [0.25, 0.3) is 0 Å². The third-order valence-electron chi connectivity index (χ3n) is 5.30. The Balaban J connectivity index is 1.68. The number of nitro groups is 1. The second-order valence-corrected chi connectivity index (χ2v) is 7.89. The normalized spacial score (nSPS) is 19.5. The first kappa shape index (κ1) is 18.4. The Kier molecular flexibility index (Phi) is 4.32. The monoisotopic (exact) mass is 423 g/mol. The average molecular weight is 423 g/mol. The second-order valence-electron chi connectivity index (χ2n) is 6.94. The fraction of sp³-hybridized carbons (Fsp3) is 0.190. The first-order valence-corrected chi connectivity index (χ1v) is 10.2. The molecule has 1 N–H and O–H groups in total. The number of fused-ring (bicyclic) bond motifs is 3. The van der Waals surface area contributed by atoms with E-state index in [0.29, 0.717) is 12.2 Å². The first-order valence-electron chi connectivity index (χ1n) is 9.28. The zero-order valence-electron chi connectivity index (χ0n) is 15.9. The van der Waals surface area contributed by atoms with Crippen LogP contribution in [0.2, 0.25) is 0 Å². The topological polar surface area (TPSA) is 97.4 Å². The molecule has 2 atom stereocenters. The van der Waals surface area contributed by atoms with Gasteiger partial charge in [-0.2, -0.15) is 5.10 Å². The van der Waals surface area contributed by atoms with Crippen LogP contribution < -0.4 is 9.47 Å². The Labute approximate surface area is 175 Å². The fourth-order valence-corrected chi connectivity index (χ4v) is 4.72. The summed E-state index contributed by atoms with van der Waals surface area (Å²) in [4.78, 5) is 12.4. The zero-order chi connectivity index (χ0) is 20.8. The molecule has 3 aromatic rings. The lowest BCUT2D eigenvalue weighted by Gasteiger charge is -2.38. The van der Waals surface area contributed by atoms with E-state index >= 15 is 0 Å². The maximum atomic E-state index is 11.9. The summed E-state index contributed by atoms with van der Waals surface area (Å²) in [6.45, 7) is 0. The van der Waals surface area contributed by atoms with E-state index in [4.69, 9.17) is 14.6 Å². The van der Waals surface area contributed by atoms with Crippen molar-refractivity contribution in [2.24, 2.45) is 5.10 Å². The third kappa shape index (κ3) is 2.78. The van der Waals surface area contributed by atoms with E-state index in [1.165, 1.54) is 19.2 Å². The van der Waals surface area contributed by atoms with Gasteiger partial charge < -0.3 is 14.6 Å². The van der Waals surface area contributed by atoms with Crippen molar-refractivity contribution in [1.82, 2.24) is 5.01 Å². The minimum atomic E-state index is -0.836. The predicted molar refractivity (Wildman–Crippen MR) is 111 cm³/mol. The van der Waals surface area contributed by atoms with Crippen LogP contribution in [-0.2, 0) is 0 Å². The lowest BCUT2D eigenvalue weighted by molar-refractivity contribution is -0.387. The fourth-order valence-electron chi connectivity index (χ4n) is 4.00. The van der Waals surface area contributed by atoms with Crippen molar-refractivity contribution in [3.63, 3.8) is 0 Å². The van der Waals surface area contributed by atoms with Gasteiger partial charge in [-0.25, -0.2) is 5.01 Å². The third-order valence-corrected chi connectivity index (χ3v) is 6.22. The molecule has 0 spiro atoms. The summed E-state index contributed by atoms with van der Waals surface area (Å²) in [6.07, 6.45) is -0.169. The van der Waals surface area contributed by atoms with Crippen LogP contribution in [0.15, 0.2) is 59.0 Å². The summed E-state index contributed by atoms with van der Waals surface area (Å²) in [6, 6.07) is 14.4. The van der Waals surface area contributed by atoms with E-state index in [2.05, 4.69) is 0 Å². The Hall–Kier alpha value is -3.59. The highest BCUT2D eigenvalue weighted by Crippen LogP contribution is 2.51. The molecule has 0 saturated heterocycles. The van der Waals surface area contributed by atoms with Crippen molar-refractivity contribution >= 4 is 22.7 Å². The van der Waals surface area contributed by atoms with Crippen LogP contribution in [0, 0.1) is 10.1 Å². The van der Waals surface area contributed by atoms with Crippen molar-refractivity contribution in [2.75, 3.05) is 7.11 Å². The predicted octanol–water partition coefficient (Wildman–Crippen LogP) is 4.61. The number of benzene rings is 2. The van der Waals surface area contributed by atoms with Crippen molar-refractivity contribution in [1.29, 1.82) is 0 Å². The molecule has 0 fully saturated rings. The standard InChI is InChI=1S/C21H17N3O5S/c1-28-20-16(25)9-8-13(19(20)24(26)27)21-23-15(12-5-2-3-6-17(12)29-21)11-14(22-23)18-7-4-10-30-18/h2-10,15,21,25H,11H2,1H3/t15-,21+/m0/s1. The van der Waals surface area contributed by atoms with Crippen LogP contribution in [0.1, 0.15) is 34.7 Å². The highest BCUT2D eigenvalue weighted by atomic mass is 32.1. The number of hydrogen-bond donors (Lipinski definition) is 1. The lowest BCUT2D eigenvalue weighted by atomic mass is 9.97. The number of aromatic hydroxyl groups is 1. The Morgan fingerprint density at radius 3 is 2.80 bits per heavy atom. The van der Waals surface area contributed by atoms with E-state index in [1.807, 2.05) is 41.8 Å². The highest BCUT2D eigenvalue weighted by molar-refractivity contribution is 7.12. The number of hydrazone groups is 1. The molecule has 0 radical (unpaired) electrons. The summed E-state index contributed by atoms with van der Waals surface area (Å²) < 4.78 is 11.3. The van der Waals surface area contributed by atoms with Gasteiger partial charge >= 0.3 is 5.69 Å². The Morgan fingerprint density at radius 2 is 2.07 bits per heavy atom. The minimum absolute atomic E-state index is 0.114. The average Bonchev–Trinajstić information content (AvgIpc) is 3.43. The van der Waals surface area contributed by atoms with Crippen LogP contribution in [0.25, 0.3) is 0 Å². The molecule has 9 heteroatoms. The largest absolute Gasteiger partial charge is 0.504 e. The molecule has 0 aliphatic carbocycles. The van der Waals surface area contributed by atoms with Gasteiger partial charge in [0.05, 0.1) is 34.2 Å². The number of phenols is 1. The summed E-state index contributed by atoms with van der Waals surface area (Å²) in [5, 5.41) is 30.5. The van der Waals surface area contributed by atoms with Crippen LogP contribution in [0.5, 0.6) is 17.2 Å². The number of methoxy groups -OCH3 is 1. The zero-order valence-corrected chi connectivity index (χ0v) is 16.7. The molecule has 0 saturated carbocycles. The molecule has 3 heterocycles. The van der Waals surface area contributed by atoms with Crippen molar-refractivity contribution in [2.45, 2.75) is 18.7 Å². The molecular weight excluding hydrogens is 406 g/mol. The molecule has 0 unspecified atom stereocenters. The number of nitro benzene ring substituents is 1.